The van der Waals surface area contributed by atoms with Gasteiger partial charge in [-0.3, -0.25) is 19.7 Å². The summed E-state index contributed by atoms with van der Waals surface area (Å²) in [5.74, 6) is -0.0285. The lowest BCUT2D eigenvalue weighted by atomic mass is 10.0. The Kier molecular flexibility index (Phi) is 6.77. The van der Waals surface area contributed by atoms with E-state index in [1.54, 1.807) is 26.6 Å². The first kappa shape index (κ1) is 23.7. The van der Waals surface area contributed by atoms with Crippen LogP contribution in [0.15, 0.2) is 60.8 Å². The summed E-state index contributed by atoms with van der Waals surface area (Å²) < 4.78 is 7.24. The molecule has 2 aliphatic heterocycles. The van der Waals surface area contributed by atoms with Gasteiger partial charge in [-0.15, -0.1) is 0 Å². The monoisotopic (exact) mass is 489 g/mol. The van der Waals surface area contributed by atoms with Crippen LogP contribution in [0.3, 0.4) is 0 Å². The highest BCUT2D eigenvalue weighted by atomic mass is 16.6. The molecule has 1 atom stereocenters. The van der Waals surface area contributed by atoms with Crippen LogP contribution in [0, 0.1) is 10.1 Å². The van der Waals surface area contributed by atoms with E-state index < -0.39 is 4.92 Å². The molecule has 186 valence electrons. The molecule has 0 aliphatic carbocycles. The van der Waals surface area contributed by atoms with Crippen molar-refractivity contribution in [1.29, 1.82) is 0 Å². The van der Waals surface area contributed by atoms with Crippen LogP contribution in [0.5, 0.6) is 0 Å². The number of carbonyl (C=O) groups is 2. The highest BCUT2D eigenvalue weighted by molar-refractivity contribution is 5.83. The fourth-order valence-corrected chi connectivity index (χ4v) is 4.66. The number of nitro benzene ring substituents is 1. The van der Waals surface area contributed by atoms with Gasteiger partial charge in [0, 0.05) is 62.2 Å². The van der Waals surface area contributed by atoms with Gasteiger partial charge >= 0.3 is 0 Å². The lowest BCUT2D eigenvalue weighted by Gasteiger charge is -2.35. The quantitative estimate of drug-likeness (QED) is 0.389. The van der Waals surface area contributed by atoms with Gasteiger partial charge in [-0.05, 0) is 37.1 Å². The predicted octanol–water partition coefficient (Wildman–Crippen LogP) is 2.84. The number of piperazine rings is 1. The Bertz CT molecular complexity index is 1240. The van der Waals surface area contributed by atoms with E-state index >= 15 is 0 Å². The molecule has 0 N–H and O–H groups in total. The second kappa shape index (κ2) is 10.3. The summed E-state index contributed by atoms with van der Waals surface area (Å²) >= 11 is 0. The van der Waals surface area contributed by atoms with Gasteiger partial charge < -0.3 is 14.5 Å². The Morgan fingerprint density at radius 2 is 1.69 bits per heavy atom. The summed E-state index contributed by atoms with van der Waals surface area (Å²) in [6.07, 6.45) is 3.29. The standard InChI is InChI=1S/C26H27N5O5/c32-24(28-12-14-29(15-13-28)26(33)23-7-4-16-36-23)17-20-18-30(21-5-2-1-3-6-21)27-25(20)19-8-10-22(11-9-19)31(34)35/h1-3,5-6,8-11,18,23H,4,7,12-17H2. The van der Waals surface area contributed by atoms with Crippen molar-refractivity contribution >= 4 is 17.5 Å². The number of hydrogen-bond donors (Lipinski definition) is 0. The van der Waals surface area contributed by atoms with Gasteiger partial charge in [-0.25, -0.2) is 4.68 Å². The van der Waals surface area contributed by atoms with Crippen LogP contribution in [-0.2, 0) is 20.7 Å². The van der Waals surface area contributed by atoms with Crippen molar-refractivity contribution in [3.05, 3.63) is 76.5 Å². The summed E-state index contributed by atoms with van der Waals surface area (Å²) in [4.78, 5) is 40.1. The van der Waals surface area contributed by atoms with Crippen LogP contribution in [0.1, 0.15) is 18.4 Å². The summed E-state index contributed by atoms with van der Waals surface area (Å²) in [7, 11) is 0. The van der Waals surface area contributed by atoms with E-state index in [1.165, 1.54) is 12.1 Å². The van der Waals surface area contributed by atoms with Gasteiger partial charge in [0.1, 0.15) is 6.10 Å². The third-order valence-electron chi connectivity index (χ3n) is 6.65. The summed E-state index contributed by atoms with van der Waals surface area (Å²) in [5, 5.41) is 15.8. The van der Waals surface area contributed by atoms with Crippen LogP contribution in [0.2, 0.25) is 0 Å². The first-order valence-corrected chi connectivity index (χ1v) is 12.1. The number of para-hydroxylation sites is 1. The Morgan fingerprint density at radius 3 is 2.33 bits per heavy atom. The number of carbonyl (C=O) groups excluding carboxylic acids is 2. The van der Waals surface area contributed by atoms with Crippen molar-refractivity contribution in [2.45, 2.75) is 25.4 Å². The average Bonchev–Trinajstić information content (AvgIpc) is 3.60. The first-order valence-electron chi connectivity index (χ1n) is 12.1. The minimum absolute atomic E-state index is 0.00529. The summed E-state index contributed by atoms with van der Waals surface area (Å²) in [5.41, 5.74) is 2.88. The van der Waals surface area contributed by atoms with Gasteiger partial charge in [0.15, 0.2) is 0 Å². The van der Waals surface area contributed by atoms with Gasteiger partial charge in [0.2, 0.25) is 5.91 Å². The molecule has 10 nitrogen and oxygen atoms in total. The molecular weight excluding hydrogens is 462 g/mol. The van der Waals surface area contributed by atoms with Crippen molar-refractivity contribution in [3.8, 4) is 16.9 Å². The van der Waals surface area contributed by atoms with Gasteiger partial charge in [-0.2, -0.15) is 5.10 Å². The largest absolute Gasteiger partial charge is 0.368 e. The normalized spacial score (nSPS) is 17.8. The maximum atomic E-state index is 13.2. The molecule has 0 bridgehead atoms. The van der Waals surface area contributed by atoms with Gasteiger partial charge in [-0.1, -0.05) is 18.2 Å². The number of non-ortho nitro benzene ring substituents is 1. The zero-order valence-electron chi connectivity index (χ0n) is 19.8. The lowest BCUT2D eigenvalue weighted by Crippen LogP contribution is -2.53. The number of benzene rings is 2. The number of nitro groups is 1. The minimum atomic E-state index is -0.444. The molecule has 2 fully saturated rings. The fourth-order valence-electron chi connectivity index (χ4n) is 4.66. The molecule has 1 unspecified atom stereocenters. The number of amides is 2. The Morgan fingerprint density at radius 1 is 1.00 bits per heavy atom. The predicted molar refractivity (Wildman–Crippen MR) is 131 cm³/mol. The molecule has 10 heteroatoms. The SMILES string of the molecule is O=C(Cc1cn(-c2ccccc2)nc1-c1ccc([N+](=O)[O-])cc1)N1CCN(C(=O)C2CCCO2)CC1. The molecule has 2 aliphatic rings. The molecule has 3 heterocycles. The van der Waals surface area contributed by atoms with Crippen LogP contribution < -0.4 is 0 Å². The molecule has 2 amide bonds. The van der Waals surface area contributed by atoms with Crippen molar-refractivity contribution in [3.63, 3.8) is 0 Å². The maximum Gasteiger partial charge on any atom is 0.269 e. The molecule has 2 saturated heterocycles. The van der Waals surface area contributed by atoms with E-state index in [0.717, 1.165) is 24.1 Å². The van der Waals surface area contributed by atoms with E-state index in [4.69, 9.17) is 9.84 Å². The van der Waals surface area contributed by atoms with E-state index in [1.807, 2.05) is 36.5 Å². The molecule has 1 aromatic heterocycles. The summed E-state index contributed by atoms with van der Waals surface area (Å²) in [6, 6.07) is 15.7. The Hall–Kier alpha value is -4.05. The number of rotatable bonds is 6. The molecule has 3 aromatic rings. The van der Waals surface area contributed by atoms with Crippen LogP contribution in [0.4, 0.5) is 5.69 Å². The number of hydrogen-bond acceptors (Lipinski definition) is 6. The van der Waals surface area contributed by atoms with Crippen molar-refractivity contribution in [2.75, 3.05) is 32.8 Å². The molecular formula is C26H27N5O5. The zero-order chi connectivity index (χ0) is 25.1. The van der Waals surface area contributed by atoms with Crippen LogP contribution in [-0.4, -0.2) is 75.2 Å². The molecule has 0 spiro atoms. The Balaban J connectivity index is 1.33. The van der Waals surface area contributed by atoms with Gasteiger partial charge in [0.05, 0.1) is 22.7 Å². The van der Waals surface area contributed by atoms with Crippen molar-refractivity contribution in [2.24, 2.45) is 0 Å². The third-order valence-corrected chi connectivity index (χ3v) is 6.65. The second-order valence-corrected chi connectivity index (χ2v) is 8.97. The Labute approximate surface area is 208 Å². The average molecular weight is 490 g/mol. The molecule has 36 heavy (non-hydrogen) atoms. The molecule has 0 saturated carbocycles. The number of ether oxygens (including phenoxy) is 1. The van der Waals surface area contributed by atoms with Crippen LogP contribution in [0.25, 0.3) is 16.9 Å². The van der Waals surface area contributed by atoms with E-state index in [-0.39, 0.29) is 30.0 Å². The number of nitrogens with zero attached hydrogens (tertiary/aromatic N) is 5. The van der Waals surface area contributed by atoms with Crippen LogP contribution >= 0.6 is 0 Å². The molecule has 2 aromatic carbocycles. The number of aromatic nitrogens is 2. The fraction of sp³-hybridized carbons (Fsp3) is 0.346. The third kappa shape index (κ3) is 4.99. The molecule has 0 radical (unpaired) electrons. The second-order valence-electron chi connectivity index (χ2n) is 8.97. The first-order chi connectivity index (χ1) is 17.5. The van der Waals surface area contributed by atoms with Crippen molar-refractivity contribution < 1.29 is 19.2 Å². The van der Waals surface area contributed by atoms with Gasteiger partial charge in [0.25, 0.3) is 11.6 Å². The maximum absolute atomic E-state index is 13.2. The minimum Gasteiger partial charge on any atom is -0.368 e. The highest BCUT2D eigenvalue weighted by Crippen LogP contribution is 2.27. The van der Waals surface area contributed by atoms with E-state index in [2.05, 4.69) is 0 Å². The molecule has 5 rings (SSSR count). The van der Waals surface area contributed by atoms with E-state index in [9.17, 15) is 19.7 Å². The highest BCUT2D eigenvalue weighted by Gasteiger charge is 2.31. The van der Waals surface area contributed by atoms with E-state index in [0.29, 0.717) is 44.0 Å². The topological polar surface area (TPSA) is 111 Å². The van der Waals surface area contributed by atoms with Crippen molar-refractivity contribution in [1.82, 2.24) is 19.6 Å². The zero-order valence-corrected chi connectivity index (χ0v) is 19.8. The lowest BCUT2D eigenvalue weighted by molar-refractivity contribution is -0.384. The summed E-state index contributed by atoms with van der Waals surface area (Å²) in [6.45, 7) is 2.54. The smallest absolute Gasteiger partial charge is 0.269 e.